The average Bonchev–Trinajstić information content (AvgIpc) is 3.04. The maximum Gasteiger partial charge on any atom is 0.306 e. The molecule has 0 aliphatic heterocycles. The molecule has 0 bridgehead atoms. The summed E-state index contributed by atoms with van der Waals surface area (Å²) in [6, 6.07) is 0. The summed E-state index contributed by atoms with van der Waals surface area (Å²) in [6.07, 6.45) is 52.4. The van der Waals surface area contributed by atoms with Crippen molar-refractivity contribution in [2.75, 3.05) is 20.6 Å². The van der Waals surface area contributed by atoms with Crippen molar-refractivity contribution in [2.45, 2.75) is 206 Å². The van der Waals surface area contributed by atoms with E-state index in [1.54, 1.807) is 0 Å². The summed E-state index contributed by atoms with van der Waals surface area (Å²) in [7, 11) is 4.12. The third-order valence-corrected chi connectivity index (χ3v) is 9.16. The van der Waals surface area contributed by atoms with Crippen LogP contribution < -0.4 is 0 Å². The summed E-state index contributed by atoms with van der Waals surface area (Å²) in [5.74, 6) is -0.00516. The largest absolute Gasteiger partial charge is 0.459 e. The van der Waals surface area contributed by atoms with Crippen molar-refractivity contribution >= 4 is 5.97 Å². The molecule has 0 fully saturated rings. The highest BCUT2D eigenvalue weighted by molar-refractivity contribution is 5.69. The fourth-order valence-corrected chi connectivity index (χ4v) is 6.07. The molecule has 0 saturated carbocycles. The predicted molar refractivity (Wildman–Crippen MR) is 210 cm³/mol. The summed E-state index contributed by atoms with van der Waals surface area (Å²) in [6.45, 7) is 7.66. The molecule has 3 heteroatoms. The fourth-order valence-electron chi connectivity index (χ4n) is 6.07. The molecule has 0 amide bonds. The smallest absolute Gasteiger partial charge is 0.306 e. The van der Waals surface area contributed by atoms with Crippen LogP contribution >= 0.6 is 0 Å². The maximum absolute atomic E-state index is 12.7. The zero-order valence-electron chi connectivity index (χ0n) is 32.4. The predicted octanol–water partition coefficient (Wildman–Crippen LogP) is 14.0. The highest BCUT2D eigenvalue weighted by Gasteiger charge is 2.27. The van der Waals surface area contributed by atoms with Gasteiger partial charge in [0.2, 0.25) is 0 Å². The van der Waals surface area contributed by atoms with Gasteiger partial charge >= 0.3 is 5.97 Å². The van der Waals surface area contributed by atoms with E-state index in [0.29, 0.717) is 6.42 Å². The Bertz CT molecular complexity index is 730. The molecule has 0 heterocycles. The lowest BCUT2D eigenvalue weighted by molar-refractivity contribution is -0.160. The molecule has 0 aromatic carbocycles. The van der Waals surface area contributed by atoms with Crippen LogP contribution in [0.2, 0.25) is 0 Å². The normalized spacial score (nSPS) is 12.6. The lowest BCUT2D eigenvalue weighted by Crippen LogP contribution is -2.32. The first-order valence-corrected chi connectivity index (χ1v) is 20.4. The van der Waals surface area contributed by atoms with E-state index in [-0.39, 0.29) is 11.6 Å². The van der Waals surface area contributed by atoms with Crippen molar-refractivity contribution in [3.05, 3.63) is 48.6 Å². The van der Waals surface area contributed by atoms with E-state index in [0.717, 1.165) is 51.5 Å². The second-order valence-electron chi connectivity index (χ2n) is 14.5. The number of hydrogen-bond acceptors (Lipinski definition) is 3. The van der Waals surface area contributed by atoms with Crippen molar-refractivity contribution in [3.63, 3.8) is 0 Å². The molecule has 0 atom stereocenters. The van der Waals surface area contributed by atoms with E-state index in [2.05, 4.69) is 88.4 Å². The Morgan fingerprint density at radius 3 is 1.26 bits per heavy atom. The lowest BCUT2D eigenvalue weighted by atomic mass is 9.91. The molecule has 0 aromatic rings. The van der Waals surface area contributed by atoms with Crippen molar-refractivity contribution in [1.29, 1.82) is 0 Å². The van der Waals surface area contributed by atoms with Crippen molar-refractivity contribution < 1.29 is 9.53 Å². The van der Waals surface area contributed by atoms with Gasteiger partial charge in [-0.25, -0.2) is 0 Å². The third-order valence-electron chi connectivity index (χ3n) is 9.16. The van der Waals surface area contributed by atoms with E-state index >= 15 is 0 Å². The van der Waals surface area contributed by atoms with Gasteiger partial charge in [0.25, 0.3) is 0 Å². The van der Waals surface area contributed by atoms with Gasteiger partial charge in [-0.15, -0.1) is 0 Å². The standard InChI is InChI=1S/C44H81NO2/c1-6-8-10-12-14-16-18-20-22-24-26-28-30-32-34-36-40-44(3,47-43(46)39-38-42-45(4)5)41-37-35-33-31-29-27-25-23-21-19-17-15-13-11-9-7-2/h14-17,20-23H,6-13,18-19,24-42H2,1-5H3/b16-14-,17-15-,22-20-,23-21-. The zero-order valence-corrected chi connectivity index (χ0v) is 32.4. The Morgan fingerprint density at radius 2 is 0.872 bits per heavy atom. The summed E-state index contributed by atoms with van der Waals surface area (Å²) in [5, 5.41) is 0. The lowest BCUT2D eigenvalue weighted by Gasteiger charge is -2.30. The Hall–Kier alpha value is -1.61. The monoisotopic (exact) mass is 656 g/mol. The number of ether oxygens (including phenoxy) is 1. The number of carbonyl (C=O) groups excluding carboxylic acids is 1. The minimum Gasteiger partial charge on any atom is -0.459 e. The van der Waals surface area contributed by atoms with Crippen LogP contribution in [0.5, 0.6) is 0 Å². The number of unbranched alkanes of at least 4 members (excludes halogenated alkanes) is 18. The van der Waals surface area contributed by atoms with Gasteiger partial charge in [-0.2, -0.15) is 0 Å². The van der Waals surface area contributed by atoms with Gasteiger partial charge < -0.3 is 9.64 Å². The number of carbonyl (C=O) groups is 1. The number of allylic oxidation sites excluding steroid dienone is 8. The number of esters is 1. The van der Waals surface area contributed by atoms with E-state index in [1.165, 1.54) is 128 Å². The highest BCUT2D eigenvalue weighted by atomic mass is 16.6. The molecule has 0 rings (SSSR count). The van der Waals surface area contributed by atoms with Crippen LogP contribution in [-0.2, 0) is 9.53 Å². The molecular weight excluding hydrogens is 574 g/mol. The van der Waals surface area contributed by atoms with Gasteiger partial charge in [0, 0.05) is 6.42 Å². The molecule has 0 spiro atoms. The fraction of sp³-hybridized carbons (Fsp3) is 0.795. The molecule has 47 heavy (non-hydrogen) atoms. The van der Waals surface area contributed by atoms with Crippen LogP contribution in [0.3, 0.4) is 0 Å². The first kappa shape index (κ1) is 45.4. The van der Waals surface area contributed by atoms with E-state index in [4.69, 9.17) is 4.74 Å². The van der Waals surface area contributed by atoms with E-state index in [9.17, 15) is 4.79 Å². The van der Waals surface area contributed by atoms with Crippen LogP contribution in [0.25, 0.3) is 0 Å². The highest BCUT2D eigenvalue weighted by Crippen LogP contribution is 2.28. The maximum atomic E-state index is 12.7. The average molecular weight is 656 g/mol. The van der Waals surface area contributed by atoms with Gasteiger partial charge in [-0.05, 0) is 124 Å². The minimum absolute atomic E-state index is 0.00516. The topological polar surface area (TPSA) is 29.5 Å². The molecule has 0 N–H and O–H groups in total. The van der Waals surface area contributed by atoms with E-state index < -0.39 is 0 Å². The quantitative estimate of drug-likeness (QED) is 0.0386. The van der Waals surface area contributed by atoms with Crippen molar-refractivity contribution in [1.82, 2.24) is 4.90 Å². The number of nitrogens with zero attached hydrogens (tertiary/aromatic N) is 1. The molecule has 0 radical (unpaired) electrons. The molecule has 0 saturated heterocycles. The summed E-state index contributed by atoms with van der Waals surface area (Å²) in [5.41, 5.74) is -0.306. The second kappa shape index (κ2) is 35.7. The minimum atomic E-state index is -0.306. The van der Waals surface area contributed by atoms with Gasteiger partial charge in [0.1, 0.15) is 5.60 Å². The summed E-state index contributed by atoms with van der Waals surface area (Å²) < 4.78 is 6.19. The van der Waals surface area contributed by atoms with Crippen LogP contribution in [0.15, 0.2) is 48.6 Å². The van der Waals surface area contributed by atoms with Gasteiger partial charge in [0.05, 0.1) is 0 Å². The first-order chi connectivity index (χ1) is 22.9. The number of hydrogen-bond donors (Lipinski definition) is 0. The molecule has 0 aliphatic carbocycles. The molecule has 0 aliphatic rings. The van der Waals surface area contributed by atoms with Crippen LogP contribution in [0, 0.1) is 0 Å². The SMILES string of the molecule is CCCCC/C=C\C/C=C\CCCCCCCCC(C)(CCCCCCCC/C=C\C/C=C\CCCCC)OC(=O)CCCN(C)C. The van der Waals surface area contributed by atoms with Crippen molar-refractivity contribution in [2.24, 2.45) is 0 Å². The Morgan fingerprint density at radius 1 is 0.511 bits per heavy atom. The third kappa shape index (κ3) is 35.5. The summed E-state index contributed by atoms with van der Waals surface area (Å²) >= 11 is 0. The molecule has 274 valence electrons. The van der Waals surface area contributed by atoms with Crippen LogP contribution in [-0.4, -0.2) is 37.1 Å². The molecule has 0 aromatic heterocycles. The second-order valence-corrected chi connectivity index (χ2v) is 14.5. The van der Waals surface area contributed by atoms with Crippen LogP contribution in [0.4, 0.5) is 0 Å². The Kier molecular flexibility index (Phi) is 34.5. The van der Waals surface area contributed by atoms with Crippen molar-refractivity contribution in [3.8, 4) is 0 Å². The van der Waals surface area contributed by atoms with Gasteiger partial charge in [0.15, 0.2) is 0 Å². The summed E-state index contributed by atoms with van der Waals surface area (Å²) in [4.78, 5) is 14.9. The first-order valence-electron chi connectivity index (χ1n) is 20.4. The number of rotatable bonds is 35. The van der Waals surface area contributed by atoms with Crippen LogP contribution in [0.1, 0.15) is 201 Å². The Balaban J connectivity index is 4.17. The zero-order chi connectivity index (χ0) is 34.5. The van der Waals surface area contributed by atoms with Gasteiger partial charge in [-0.1, -0.05) is 140 Å². The molecule has 0 unspecified atom stereocenters. The van der Waals surface area contributed by atoms with Gasteiger partial charge in [-0.3, -0.25) is 4.79 Å². The molecular formula is C44H81NO2. The Labute approximate surface area is 295 Å². The molecule has 3 nitrogen and oxygen atoms in total. The van der Waals surface area contributed by atoms with E-state index in [1.807, 2.05) is 0 Å².